The van der Waals surface area contributed by atoms with E-state index in [1.165, 1.54) is 7.41 Å². The fourth-order valence-electron chi connectivity index (χ4n) is 4.57. The number of nitrogens with one attached hydrogen (secondary N) is 1. The van der Waals surface area contributed by atoms with Crippen LogP contribution in [-0.4, -0.2) is 57.1 Å². The lowest BCUT2D eigenvalue weighted by atomic mass is 9.83. The number of aromatic nitrogens is 3. The maximum absolute atomic E-state index is 11.5. The summed E-state index contributed by atoms with van der Waals surface area (Å²) < 4.78 is 12.1. The van der Waals surface area contributed by atoms with Gasteiger partial charge in [-0.1, -0.05) is 27.7 Å². The number of benzene rings is 1. The number of aryl methyl sites for hydroxylation is 1. The Labute approximate surface area is 238 Å². The number of nitriles is 1. The molecule has 2 aromatic heterocycles. The van der Waals surface area contributed by atoms with E-state index >= 15 is 0 Å². The Morgan fingerprint density at radius 2 is 2.02 bits per heavy atom. The maximum Gasteiger partial charge on any atom is 0.329 e. The SMILES string of the molecule is COc1ncc(C)cc1Nc1nccc(-c2cc(C#N)c3c(c2)[C@@](C)(CO[Si](C)(C)C(C)(C)C)CN3[B]C=O)n1. The molecule has 207 valence electrons. The highest BCUT2D eigenvalue weighted by Crippen LogP contribution is 2.46. The van der Waals surface area contributed by atoms with Crippen molar-refractivity contribution in [3.8, 4) is 23.2 Å². The lowest BCUT2D eigenvalue weighted by Crippen LogP contribution is -2.46. The van der Waals surface area contributed by atoms with Crippen molar-refractivity contribution >= 4 is 39.2 Å². The molecule has 1 N–H and O–H groups in total. The Hall–Kier alpha value is -3.75. The fraction of sp³-hybridized carbons (Fsp3) is 0.414. The summed E-state index contributed by atoms with van der Waals surface area (Å²) in [5, 5.41) is 13.4. The maximum atomic E-state index is 11.5. The van der Waals surface area contributed by atoms with E-state index in [4.69, 9.17) is 14.1 Å². The van der Waals surface area contributed by atoms with Gasteiger partial charge in [0.1, 0.15) is 17.9 Å². The van der Waals surface area contributed by atoms with E-state index < -0.39 is 13.7 Å². The lowest BCUT2D eigenvalue weighted by molar-refractivity contribution is 0.219. The van der Waals surface area contributed by atoms with Gasteiger partial charge in [0.15, 0.2) is 8.32 Å². The van der Waals surface area contributed by atoms with Gasteiger partial charge in [0.05, 0.1) is 18.4 Å². The second kappa shape index (κ2) is 11.0. The van der Waals surface area contributed by atoms with E-state index in [1.54, 1.807) is 19.5 Å². The minimum absolute atomic E-state index is 0.0545. The Morgan fingerprint density at radius 1 is 1.27 bits per heavy atom. The zero-order valence-electron chi connectivity index (χ0n) is 24.5. The zero-order chi connectivity index (χ0) is 29.3. The molecule has 1 aliphatic rings. The Kier molecular flexibility index (Phi) is 8.06. The molecule has 0 spiro atoms. The quantitative estimate of drug-likeness (QED) is 0.275. The summed E-state index contributed by atoms with van der Waals surface area (Å²) in [4.78, 5) is 26.8. The van der Waals surface area contributed by atoms with Crippen molar-refractivity contribution in [3.05, 3.63) is 53.3 Å². The molecule has 1 aromatic carbocycles. The first kappa shape index (κ1) is 29.2. The number of hydrogen-bond donors (Lipinski definition) is 1. The molecular weight excluding hydrogens is 519 g/mol. The Balaban J connectivity index is 1.76. The smallest absolute Gasteiger partial charge is 0.329 e. The number of ether oxygens (including phenoxy) is 1. The molecule has 3 heterocycles. The zero-order valence-corrected chi connectivity index (χ0v) is 25.5. The number of rotatable bonds is 9. The molecule has 11 heteroatoms. The van der Waals surface area contributed by atoms with Crippen molar-refractivity contribution < 1.29 is 14.0 Å². The third kappa shape index (κ3) is 5.74. The first-order valence-electron chi connectivity index (χ1n) is 13.2. The summed E-state index contributed by atoms with van der Waals surface area (Å²) >= 11 is 0. The predicted octanol–water partition coefficient (Wildman–Crippen LogP) is 5.38. The number of nitrogens with zero attached hydrogens (tertiary/aromatic N) is 5. The molecule has 1 atom stereocenters. The van der Waals surface area contributed by atoms with Crippen molar-refractivity contribution in [2.75, 3.05) is 30.4 Å². The van der Waals surface area contributed by atoms with E-state index in [-0.39, 0.29) is 5.04 Å². The van der Waals surface area contributed by atoms with Crippen molar-refractivity contribution in [2.24, 2.45) is 0 Å². The van der Waals surface area contributed by atoms with Gasteiger partial charge in [0, 0.05) is 42.2 Å². The third-order valence-electron chi connectivity index (χ3n) is 7.86. The van der Waals surface area contributed by atoms with Gasteiger partial charge in [-0.2, -0.15) is 5.26 Å². The van der Waals surface area contributed by atoms with Crippen LogP contribution in [0.3, 0.4) is 0 Å². The van der Waals surface area contributed by atoms with Crippen molar-refractivity contribution in [3.63, 3.8) is 0 Å². The fourth-order valence-corrected chi connectivity index (χ4v) is 5.68. The Bertz CT molecular complexity index is 1470. The van der Waals surface area contributed by atoms with Crippen LogP contribution in [0, 0.1) is 18.3 Å². The van der Waals surface area contributed by atoms with Crippen LogP contribution in [0.25, 0.3) is 11.3 Å². The van der Waals surface area contributed by atoms with Gasteiger partial charge < -0.3 is 24.1 Å². The molecule has 0 unspecified atom stereocenters. The monoisotopic (exact) mass is 555 g/mol. The average Bonchev–Trinajstić information content (AvgIpc) is 3.19. The molecule has 0 bridgehead atoms. The molecule has 4 rings (SSSR count). The van der Waals surface area contributed by atoms with Gasteiger partial charge in [0.25, 0.3) is 0 Å². The molecule has 0 amide bonds. The molecule has 1 aliphatic heterocycles. The van der Waals surface area contributed by atoms with E-state index in [1.807, 2.05) is 29.9 Å². The first-order valence-corrected chi connectivity index (χ1v) is 16.1. The summed E-state index contributed by atoms with van der Waals surface area (Å²) in [6.45, 7) is 16.2. The topological polar surface area (TPSA) is 113 Å². The molecule has 0 saturated carbocycles. The molecular formula is C29H36BN6O3Si. The van der Waals surface area contributed by atoms with E-state index in [2.05, 4.69) is 68.2 Å². The third-order valence-corrected chi connectivity index (χ3v) is 12.3. The molecule has 40 heavy (non-hydrogen) atoms. The van der Waals surface area contributed by atoms with Crippen LogP contribution in [0.1, 0.15) is 44.4 Å². The lowest BCUT2D eigenvalue weighted by Gasteiger charge is -2.39. The van der Waals surface area contributed by atoms with Crippen LogP contribution in [0.2, 0.25) is 18.1 Å². The molecule has 0 saturated heterocycles. The molecule has 3 aromatic rings. The van der Waals surface area contributed by atoms with Gasteiger partial charge in [-0.05, 0) is 60.4 Å². The van der Waals surface area contributed by atoms with Crippen LogP contribution in [0.15, 0.2) is 36.7 Å². The number of anilines is 3. The normalized spacial score (nSPS) is 16.7. The first-order chi connectivity index (χ1) is 18.8. The summed E-state index contributed by atoms with van der Waals surface area (Å²) in [6, 6.07) is 9.94. The largest absolute Gasteiger partial charge is 0.480 e. The highest BCUT2D eigenvalue weighted by molar-refractivity contribution is 6.74. The summed E-state index contributed by atoms with van der Waals surface area (Å²) in [6.07, 6.45) is 4.16. The standard InChI is InChI=1S/C29H36BN6O3Si/c1-19-11-24(26(38-6)33-15-19)35-27-32-10-9-23(34-27)20-12-21(14-31)25-22(13-20)29(5,16-36(25)30-18-37)17-39-40(7,8)28(2,3)4/h9-13,15,18H,16-17H2,1-8H3,(H,32,34,35)/t29-/m1/s1. The second-order valence-electron chi connectivity index (χ2n) is 12.0. The van der Waals surface area contributed by atoms with Gasteiger partial charge in [-0.25, -0.2) is 15.0 Å². The second-order valence-corrected chi connectivity index (χ2v) is 16.8. The van der Waals surface area contributed by atoms with E-state index in [9.17, 15) is 10.1 Å². The number of carbonyl (C=O) groups is 1. The summed E-state index contributed by atoms with van der Waals surface area (Å²) in [7, 11) is 1.01. The molecule has 9 nitrogen and oxygen atoms in total. The predicted molar refractivity (Wildman–Crippen MR) is 161 cm³/mol. The van der Waals surface area contributed by atoms with Gasteiger partial charge >= 0.3 is 7.41 Å². The van der Waals surface area contributed by atoms with Crippen LogP contribution in [-0.2, 0) is 14.6 Å². The van der Waals surface area contributed by atoms with Gasteiger partial charge in [-0.3, -0.25) is 0 Å². The number of pyridine rings is 1. The van der Waals surface area contributed by atoms with E-state index in [0.717, 1.165) is 28.6 Å². The van der Waals surface area contributed by atoms with Crippen molar-refractivity contribution in [1.82, 2.24) is 15.0 Å². The van der Waals surface area contributed by atoms with Gasteiger partial charge in [0.2, 0.25) is 11.8 Å². The summed E-state index contributed by atoms with van der Waals surface area (Å²) in [5.41, 5.74) is 4.77. The molecule has 1 radical (unpaired) electrons. The number of carbonyl (C=O) groups excluding carboxylic acids is 1. The van der Waals surface area contributed by atoms with Crippen molar-refractivity contribution in [2.45, 2.75) is 58.2 Å². The minimum atomic E-state index is -2.04. The van der Waals surface area contributed by atoms with Gasteiger partial charge in [-0.15, -0.1) is 0 Å². The number of hydrogen-bond acceptors (Lipinski definition) is 9. The summed E-state index contributed by atoms with van der Waals surface area (Å²) in [5.74, 6) is 0.815. The minimum Gasteiger partial charge on any atom is -0.480 e. The van der Waals surface area contributed by atoms with Crippen LogP contribution in [0.4, 0.5) is 17.3 Å². The number of methoxy groups -OCH3 is 1. The number of fused-ring (bicyclic) bond motifs is 1. The average molecular weight is 556 g/mol. The van der Waals surface area contributed by atoms with Crippen LogP contribution in [0.5, 0.6) is 5.88 Å². The highest BCUT2D eigenvalue weighted by atomic mass is 28.4. The molecule has 0 fully saturated rings. The highest BCUT2D eigenvalue weighted by Gasteiger charge is 2.44. The molecule has 0 aliphatic carbocycles. The van der Waals surface area contributed by atoms with Crippen LogP contribution < -0.4 is 14.9 Å². The van der Waals surface area contributed by atoms with Crippen LogP contribution >= 0.6 is 0 Å². The van der Waals surface area contributed by atoms with E-state index in [0.29, 0.717) is 41.9 Å². The van der Waals surface area contributed by atoms with Crippen molar-refractivity contribution in [1.29, 1.82) is 5.26 Å². The Morgan fingerprint density at radius 3 is 2.67 bits per heavy atom.